The van der Waals surface area contributed by atoms with E-state index < -0.39 is 0 Å². The van der Waals surface area contributed by atoms with E-state index in [1.807, 2.05) is 0 Å². The lowest BCUT2D eigenvalue weighted by molar-refractivity contribution is 0.0961. The Bertz CT molecular complexity index is 246. The maximum atomic E-state index is 5.13. The van der Waals surface area contributed by atoms with Crippen molar-refractivity contribution in [2.45, 2.75) is 6.10 Å². The van der Waals surface area contributed by atoms with Crippen molar-refractivity contribution in [3.05, 3.63) is 29.4 Å². The molecule has 0 saturated carbocycles. The van der Waals surface area contributed by atoms with Gasteiger partial charge in [-0.2, -0.15) is 0 Å². The number of ether oxygens (including phenoxy) is 3. The van der Waals surface area contributed by atoms with E-state index in [1.54, 1.807) is 33.5 Å². The average Bonchev–Trinajstić information content (AvgIpc) is 2.16. The standard InChI is InChI=1S/C9H12O3/c1-10-7-5-4-6-8(11-2)9(7)12-3/h5-7H,1-3H3. The highest BCUT2D eigenvalue weighted by molar-refractivity contribution is 5.26. The topological polar surface area (TPSA) is 27.7 Å². The van der Waals surface area contributed by atoms with E-state index in [0.29, 0.717) is 11.5 Å². The molecule has 0 fully saturated rings. The Morgan fingerprint density at radius 3 is 2.50 bits per heavy atom. The summed E-state index contributed by atoms with van der Waals surface area (Å²) < 4.78 is 15.3. The molecule has 1 rings (SSSR count). The maximum Gasteiger partial charge on any atom is 0.171 e. The lowest BCUT2D eigenvalue weighted by Crippen LogP contribution is -2.16. The van der Waals surface area contributed by atoms with Crippen molar-refractivity contribution in [2.75, 3.05) is 21.3 Å². The van der Waals surface area contributed by atoms with E-state index in [9.17, 15) is 0 Å². The first-order chi connectivity index (χ1) is 5.83. The van der Waals surface area contributed by atoms with Gasteiger partial charge in [-0.05, 0) is 6.08 Å². The Morgan fingerprint density at radius 1 is 1.25 bits per heavy atom. The minimum atomic E-state index is -0.185. The van der Waals surface area contributed by atoms with Crippen LogP contribution in [0.15, 0.2) is 29.4 Å². The first-order valence-corrected chi connectivity index (χ1v) is 3.61. The number of methoxy groups -OCH3 is 3. The van der Waals surface area contributed by atoms with Crippen LogP contribution >= 0.6 is 0 Å². The smallest absolute Gasteiger partial charge is 0.171 e. The third kappa shape index (κ3) is 1.52. The van der Waals surface area contributed by atoms with Crippen LogP contribution < -0.4 is 0 Å². The zero-order chi connectivity index (χ0) is 8.97. The fraction of sp³-hybridized carbons (Fsp3) is 0.444. The van der Waals surface area contributed by atoms with Gasteiger partial charge < -0.3 is 14.2 Å². The van der Waals surface area contributed by atoms with E-state index in [4.69, 9.17) is 14.2 Å². The van der Waals surface area contributed by atoms with Gasteiger partial charge in [0.05, 0.1) is 14.2 Å². The monoisotopic (exact) mass is 168 g/mol. The largest absolute Gasteiger partial charge is 0.494 e. The zero-order valence-corrected chi connectivity index (χ0v) is 7.46. The van der Waals surface area contributed by atoms with Gasteiger partial charge in [-0.25, -0.2) is 0 Å². The molecule has 0 amide bonds. The summed E-state index contributed by atoms with van der Waals surface area (Å²) in [7, 11) is 4.79. The number of allylic oxidation sites excluding steroid dienone is 1. The highest BCUT2D eigenvalue weighted by Crippen LogP contribution is 2.18. The Balaban J connectivity index is 2.95. The molecule has 0 spiro atoms. The van der Waals surface area contributed by atoms with Gasteiger partial charge in [0.2, 0.25) is 0 Å². The van der Waals surface area contributed by atoms with Crippen molar-refractivity contribution in [3.8, 4) is 0 Å². The summed E-state index contributed by atoms with van der Waals surface area (Å²) in [5.41, 5.74) is 2.91. The number of rotatable bonds is 3. The molecule has 0 aromatic heterocycles. The quantitative estimate of drug-likeness (QED) is 0.593. The van der Waals surface area contributed by atoms with Crippen LogP contribution in [0.2, 0.25) is 0 Å². The summed E-state index contributed by atoms with van der Waals surface area (Å²) in [4.78, 5) is 0. The van der Waals surface area contributed by atoms with Crippen LogP contribution in [0.3, 0.4) is 0 Å². The SMILES string of the molecule is COC1=C(OC)C(OC)C=C=C1. The van der Waals surface area contributed by atoms with Gasteiger partial charge in [0.25, 0.3) is 0 Å². The summed E-state index contributed by atoms with van der Waals surface area (Å²) in [5.74, 6) is 1.34. The first kappa shape index (κ1) is 8.91. The van der Waals surface area contributed by atoms with Crippen LogP contribution in [0.5, 0.6) is 0 Å². The van der Waals surface area contributed by atoms with Crippen molar-refractivity contribution in [3.63, 3.8) is 0 Å². The maximum absolute atomic E-state index is 5.13. The summed E-state index contributed by atoms with van der Waals surface area (Å²) in [6.45, 7) is 0. The molecule has 0 N–H and O–H groups in total. The number of hydrogen-bond donors (Lipinski definition) is 0. The highest BCUT2D eigenvalue weighted by Gasteiger charge is 2.18. The zero-order valence-electron chi connectivity index (χ0n) is 7.46. The van der Waals surface area contributed by atoms with E-state index in [1.165, 1.54) is 0 Å². The number of hydrogen-bond acceptors (Lipinski definition) is 3. The fourth-order valence-corrected chi connectivity index (χ4v) is 1.05. The third-order valence-corrected chi connectivity index (χ3v) is 1.66. The Kier molecular flexibility index (Phi) is 2.97. The summed E-state index contributed by atoms with van der Waals surface area (Å²) in [6, 6.07) is 0. The molecular formula is C9H12O3. The molecule has 0 saturated heterocycles. The van der Waals surface area contributed by atoms with E-state index in [2.05, 4.69) is 5.73 Å². The van der Waals surface area contributed by atoms with Crippen molar-refractivity contribution in [2.24, 2.45) is 0 Å². The summed E-state index contributed by atoms with van der Waals surface area (Å²) in [6.07, 6.45) is 3.31. The van der Waals surface area contributed by atoms with Gasteiger partial charge in [-0.15, -0.1) is 5.73 Å². The molecule has 1 aliphatic rings. The molecule has 3 heteroatoms. The van der Waals surface area contributed by atoms with Crippen molar-refractivity contribution in [1.29, 1.82) is 0 Å². The minimum Gasteiger partial charge on any atom is -0.494 e. The molecule has 1 unspecified atom stereocenters. The molecule has 12 heavy (non-hydrogen) atoms. The van der Waals surface area contributed by atoms with Crippen LogP contribution in [-0.2, 0) is 14.2 Å². The molecule has 3 nitrogen and oxygen atoms in total. The normalized spacial score (nSPS) is 21.4. The van der Waals surface area contributed by atoms with Crippen LogP contribution in [0.1, 0.15) is 0 Å². The van der Waals surface area contributed by atoms with Crippen molar-refractivity contribution < 1.29 is 14.2 Å². The van der Waals surface area contributed by atoms with Gasteiger partial charge in [-0.3, -0.25) is 0 Å². The lowest BCUT2D eigenvalue weighted by atomic mass is 10.2. The van der Waals surface area contributed by atoms with Crippen LogP contribution in [0, 0.1) is 0 Å². The highest BCUT2D eigenvalue weighted by atomic mass is 16.5. The fourth-order valence-electron chi connectivity index (χ4n) is 1.05. The first-order valence-electron chi connectivity index (χ1n) is 3.61. The predicted octanol–water partition coefficient (Wildman–Crippen LogP) is 1.23. The van der Waals surface area contributed by atoms with Crippen LogP contribution in [-0.4, -0.2) is 27.4 Å². The van der Waals surface area contributed by atoms with Gasteiger partial charge >= 0.3 is 0 Å². The summed E-state index contributed by atoms with van der Waals surface area (Å²) in [5, 5.41) is 0. The second-order valence-corrected chi connectivity index (χ2v) is 2.27. The third-order valence-electron chi connectivity index (χ3n) is 1.66. The molecule has 1 atom stereocenters. The van der Waals surface area contributed by atoms with Crippen LogP contribution in [0.4, 0.5) is 0 Å². The van der Waals surface area contributed by atoms with Crippen molar-refractivity contribution >= 4 is 0 Å². The van der Waals surface area contributed by atoms with Crippen molar-refractivity contribution in [1.82, 2.24) is 0 Å². The minimum absolute atomic E-state index is 0.185. The average molecular weight is 168 g/mol. The molecule has 1 aliphatic carbocycles. The second kappa shape index (κ2) is 4.00. The van der Waals surface area contributed by atoms with E-state index in [0.717, 1.165) is 0 Å². The Morgan fingerprint density at radius 2 is 2.00 bits per heavy atom. The molecule has 0 radical (unpaired) electrons. The Hall–Kier alpha value is -1.18. The molecule has 0 aliphatic heterocycles. The molecular weight excluding hydrogens is 156 g/mol. The van der Waals surface area contributed by atoms with Crippen LogP contribution in [0.25, 0.3) is 0 Å². The van der Waals surface area contributed by atoms with Gasteiger partial charge in [0, 0.05) is 13.2 Å². The predicted molar refractivity (Wildman–Crippen MR) is 44.5 cm³/mol. The summed E-state index contributed by atoms with van der Waals surface area (Å²) >= 11 is 0. The van der Waals surface area contributed by atoms with Gasteiger partial charge in [0.1, 0.15) is 6.10 Å². The van der Waals surface area contributed by atoms with Gasteiger partial charge in [-0.1, -0.05) is 0 Å². The Labute approximate surface area is 71.9 Å². The molecule has 66 valence electrons. The van der Waals surface area contributed by atoms with Gasteiger partial charge in [0.15, 0.2) is 11.5 Å². The van der Waals surface area contributed by atoms with E-state index >= 15 is 0 Å². The molecule has 0 heterocycles. The molecule has 0 aromatic carbocycles. The molecule has 0 bridgehead atoms. The second-order valence-electron chi connectivity index (χ2n) is 2.27. The van der Waals surface area contributed by atoms with E-state index in [-0.39, 0.29) is 6.10 Å². The lowest BCUT2D eigenvalue weighted by Gasteiger charge is -2.17. The molecule has 0 aromatic rings.